The second kappa shape index (κ2) is 6.76. The summed E-state index contributed by atoms with van der Waals surface area (Å²) in [5.41, 5.74) is 2.82. The third-order valence-electron chi connectivity index (χ3n) is 7.25. The number of hydrogen-bond acceptors (Lipinski definition) is 5. The number of aromatic nitrogens is 4. The van der Waals surface area contributed by atoms with Crippen LogP contribution in [0.1, 0.15) is 62.0 Å². The second-order valence-electron chi connectivity index (χ2n) is 9.05. The van der Waals surface area contributed by atoms with Crippen molar-refractivity contribution in [3.8, 4) is 17.3 Å². The molecular formula is C23H23FN6. The van der Waals surface area contributed by atoms with Crippen LogP contribution in [0, 0.1) is 29.0 Å². The molecule has 0 aliphatic heterocycles. The Labute approximate surface area is 174 Å². The largest absolute Gasteiger partial charge is 0.365 e. The number of anilines is 1. The van der Waals surface area contributed by atoms with E-state index in [2.05, 4.69) is 26.3 Å². The maximum absolute atomic E-state index is 15.6. The molecule has 30 heavy (non-hydrogen) atoms. The average molecular weight is 402 g/mol. The summed E-state index contributed by atoms with van der Waals surface area (Å²) < 4.78 is 15.6. The number of fused-ring (bicyclic) bond motifs is 4. The van der Waals surface area contributed by atoms with Gasteiger partial charge in [0.2, 0.25) is 0 Å². The number of halogens is 1. The summed E-state index contributed by atoms with van der Waals surface area (Å²) in [4.78, 5) is 16.2. The summed E-state index contributed by atoms with van der Waals surface area (Å²) in [6.45, 7) is 0. The van der Waals surface area contributed by atoms with Gasteiger partial charge in [-0.2, -0.15) is 5.26 Å². The smallest absolute Gasteiger partial charge is 0.170 e. The van der Waals surface area contributed by atoms with Crippen LogP contribution in [0.5, 0.6) is 0 Å². The number of pyridine rings is 1. The van der Waals surface area contributed by atoms with Gasteiger partial charge >= 0.3 is 0 Å². The van der Waals surface area contributed by atoms with E-state index in [9.17, 15) is 5.26 Å². The predicted molar refractivity (Wildman–Crippen MR) is 111 cm³/mol. The first-order valence-electron chi connectivity index (χ1n) is 10.9. The number of aromatic amines is 1. The highest BCUT2D eigenvalue weighted by Crippen LogP contribution is 2.47. The summed E-state index contributed by atoms with van der Waals surface area (Å²) >= 11 is 0. The molecule has 7 heteroatoms. The first-order valence-corrected chi connectivity index (χ1v) is 10.9. The van der Waals surface area contributed by atoms with Crippen LogP contribution in [0.25, 0.3) is 22.3 Å². The van der Waals surface area contributed by atoms with Crippen LogP contribution in [0.3, 0.4) is 0 Å². The van der Waals surface area contributed by atoms with Crippen molar-refractivity contribution in [3.63, 3.8) is 0 Å². The van der Waals surface area contributed by atoms with Crippen molar-refractivity contribution < 1.29 is 4.39 Å². The maximum atomic E-state index is 15.6. The van der Waals surface area contributed by atoms with Gasteiger partial charge in [0.05, 0.1) is 11.3 Å². The Balaban J connectivity index is 1.50. The van der Waals surface area contributed by atoms with E-state index in [0.717, 1.165) is 36.1 Å². The molecule has 6 nitrogen and oxygen atoms in total. The minimum Gasteiger partial charge on any atom is -0.365 e. The van der Waals surface area contributed by atoms with Crippen LogP contribution in [0.15, 0.2) is 18.7 Å². The average Bonchev–Trinajstić information content (AvgIpc) is 3.53. The molecule has 3 aromatic rings. The van der Waals surface area contributed by atoms with Crippen molar-refractivity contribution in [1.29, 1.82) is 5.26 Å². The number of hydrogen-bond donors (Lipinski definition) is 2. The van der Waals surface area contributed by atoms with Gasteiger partial charge in [-0.25, -0.2) is 19.3 Å². The maximum Gasteiger partial charge on any atom is 0.170 e. The Morgan fingerprint density at radius 1 is 1.17 bits per heavy atom. The zero-order chi connectivity index (χ0) is 20.2. The van der Waals surface area contributed by atoms with Crippen LogP contribution in [-0.2, 0) is 0 Å². The lowest BCUT2D eigenvalue weighted by Gasteiger charge is -2.43. The molecule has 1 unspecified atom stereocenters. The zero-order valence-electron chi connectivity index (χ0n) is 16.7. The first-order chi connectivity index (χ1) is 14.7. The Hall–Kier alpha value is -3.01. The van der Waals surface area contributed by atoms with Crippen molar-refractivity contribution >= 4 is 16.9 Å². The van der Waals surface area contributed by atoms with Gasteiger partial charge in [-0.05, 0) is 49.9 Å². The molecular weight excluding hydrogens is 379 g/mol. The highest BCUT2D eigenvalue weighted by molar-refractivity contribution is 5.94. The summed E-state index contributed by atoms with van der Waals surface area (Å²) in [5.74, 6) is 1.39. The molecule has 0 spiro atoms. The van der Waals surface area contributed by atoms with Gasteiger partial charge in [-0.15, -0.1) is 0 Å². The fourth-order valence-corrected chi connectivity index (χ4v) is 5.53. The van der Waals surface area contributed by atoms with E-state index >= 15 is 4.39 Å². The number of nitrogens with one attached hydrogen (secondary N) is 2. The molecule has 3 aromatic heterocycles. The molecule has 152 valence electrons. The molecule has 1 atom stereocenters. The van der Waals surface area contributed by atoms with E-state index < -0.39 is 0 Å². The molecule has 4 saturated carbocycles. The molecule has 3 heterocycles. The topological polar surface area (TPSA) is 90.3 Å². The standard InChI is InChI=1S/C23H23FN6/c24-20-19(14-5-6-14)15(8-25)21(16-10-27-22-17(16)9-26-11-28-22)30-23(20)29-18-7-12-1-3-13(18)4-2-12/h9-14,18H,1-7H2,(H,29,30)(H,26,27,28). The third kappa shape index (κ3) is 2.78. The van der Waals surface area contributed by atoms with Crippen LogP contribution < -0.4 is 5.32 Å². The molecule has 0 amide bonds. The number of rotatable bonds is 4. The monoisotopic (exact) mass is 402 g/mol. The van der Waals surface area contributed by atoms with Crippen LogP contribution in [0.2, 0.25) is 0 Å². The van der Waals surface area contributed by atoms with Crippen LogP contribution >= 0.6 is 0 Å². The number of nitriles is 1. The van der Waals surface area contributed by atoms with Gasteiger partial charge in [0.1, 0.15) is 18.0 Å². The van der Waals surface area contributed by atoms with Crippen molar-refractivity contribution in [3.05, 3.63) is 35.7 Å². The number of H-pyrrole nitrogens is 1. The molecule has 0 aromatic carbocycles. The Morgan fingerprint density at radius 2 is 2.00 bits per heavy atom. The molecule has 2 bridgehead atoms. The zero-order valence-corrected chi connectivity index (χ0v) is 16.7. The summed E-state index contributed by atoms with van der Waals surface area (Å²) in [5, 5.41) is 14.2. The molecule has 0 radical (unpaired) electrons. The van der Waals surface area contributed by atoms with E-state index in [1.807, 2.05) is 0 Å². The highest BCUT2D eigenvalue weighted by atomic mass is 19.1. The Bertz CT molecular complexity index is 1170. The van der Waals surface area contributed by atoms with Crippen molar-refractivity contribution in [2.24, 2.45) is 11.8 Å². The van der Waals surface area contributed by atoms with Crippen LogP contribution in [0.4, 0.5) is 10.2 Å². The minimum absolute atomic E-state index is 0.103. The lowest BCUT2D eigenvalue weighted by atomic mass is 9.68. The molecule has 2 N–H and O–H groups in total. The van der Waals surface area contributed by atoms with E-state index in [1.165, 1.54) is 32.0 Å². The third-order valence-corrected chi connectivity index (χ3v) is 7.25. The van der Waals surface area contributed by atoms with Crippen molar-refractivity contribution in [1.82, 2.24) is 19.9 Å². The number of nitrogens with zero attached hydrogens (tertiary/aromatic N) is 4. The van der Waals surface area contributed by atoms with Gasteiger partial charge in [-0.3, -0.25) is 0 Å². The Kier molecular flexibility index (Phi) is 4.02. The van der Waals surface area contributed by atoms with Gasteiger partial charge in [0.15, 0.2) is 11.6 Å². The molecule has 4 aliphatic carbocycles. The second-order valence-corrected chi connectivity index (χ2v) is 9.05. The molecule has 7 rings (SSSR count). The van der Waals surface area contributed by atoms with Gasteiger partial charge < -0.3 is 10.3 Å². The van der Waals surface area contributed by atoms with Crippen LogP contribution in [-0.4, -0.2) is 26.0 Å². The summed E-state index contributed by atoms with van der Waals surface area (Å²) in [7, 11) is 0. The van der Waals surface area contributed by atoms with Gasteiger partial charge in [-0.1, -0.05) is 12.8 Å². The minimum atomic E-state index is -0.338. The van der Waals surface area contributed by atoms with E-state index in [4.69, 9.17) is 4.98 Å². The van der Waals surface area contributed by atoms with Crippen molar-refractivity contribution in [2.45, 2.75) is 56.9 Å². The van der Waals surface area contributed by atoms with Gasteiger partial charge in [0, 0.05) is 34.9 Å². The normalized spacial score (nSPS) is 25.4. The fourth-order valence-electron chi connectivity index (χ4n) is 5.53. The fraction of sp³-hybridized carbons (Fsp3) is 0.478. The predicted octanol–water partition coefficient (Wildman–Crippen LogP) is 4.90. The quantitative estimate of drug-likeness (QED) is 0.648. The lowest BCUT2D eigenvalue weighted by molar-refractivity contribution is 0.157. The molecule has 4 aliphatic rings. The van der Waals surface area contributed by atoms with Gasteiger partial charge in [0.25, 0.3) is 0 Å². The van der Waals surface area contributed by atoms with E-state index in [1.54, 1.807) is 12.4 Å². The van der Waals surface area contributed by atoms with Crippen molar-refractivity contribution in [2.75, 3.05) is 5.32 Å². The molecule has 4 fully saturated rings. The molecule has 0 saturated heterocycles. The Morgan fingerprint density at radius 3 is 2.70 bits per heavy atom. The van der Waals surface area contributed by atoms with E-state index in [0.29, 0.717) is 34.2 Å². The van der Waals surface area contributed by atoms with E-state index in [-0.39, 0.29) is 17.8 Å². The highest BCUT2D eigenvalue weighted by Gasteiger charge is 2.38. The summed E-state index contributed by atoms with van der Waals surface area (Å²) in [6.07, 6.45) is 12.9. The summed E-state index contributed by atoms with van der Waals surface area (Å²) in [6, 6.07) is 2.51. The SMILES string of the molecule is N#Cc1c(-c2c[nH]c3ncncc23)nc(NC2CC3CCC2CC3)c(F)c1C1CC1. The lowest BCUT2D eigenvalue weighted by Crippen LogP contribution is -2.40. The first kappa shape index (κ1) is 17.8.